The lowest BCUT2D eigenvalue weighted by Gasteiger charge is -2.10. The van der Waals surface area contributed by atoms with E-state index < -0.39 is 11.7 Å². The number of rotatable bonds is 7. The molecule has 7 nitrogen and oxygen atoms in total. The number of benzene rings is 2. The number of carboxylic acid groups (broad SMARTS) is 1. The molecule has 0 radical (unpaired) electrons. The third-order valence-corrected chi connectivity index (χ3v) is 4.87. The molecule has 0 fully saturated rings. The van der Waals surface area contributed by atoms with Gasteiger partial charge in [0.15, 0.2) is 0 Å². The van der Waals surface area contributed by atoms with Crippen LogP contribution in [0.15, 0.2) is 53.3 Å². The molecule has 0 atom stereocenters. The van der Waals surface area contributed by atoms with Gasteiger partial charge in [0.05, 0.1) is 12.1 Å². The zero-order chi connectivity index (χ0) is 21.8. The van der Waals surface area contributed by atoms with Gasteiger partial charge >= 0.3 is 11.7 Å². The summed E-state index contributed by atoms with van der Waals surface area (Å²) in [5.74, 6) is -0.740. The largest absolute Gasteiger partial charge is 0.478 e. The summed E-state index contributed by atoms with van der Waals surface area (Å²) in [6.07, 6.45) is 0.917. The van der Waals surface area contributed by atoms with Gasteiger partial charge in [-0.25, -0.2) is 9.59 Å². The van der Waals surface area contributed by atoms with Gasteiger partial charge in [-0.1, -0.05) is 63.2 Å². The second-order valence-electron chi connectivity index (χ2n) is 7.48. The lowest BCUT2D eigenvalue weighted by Crippen LogP contribution is -2.30. The van der Waals surface area contributed by atoms with Crippen molar-refractivity contribution in [3.63, 3.8) is 0 Å². The lowest BCUT2D eigenvalue weighted by atomic mass is 9.99. The standard InChI is InChI=1S/C23H25N3O4/c1-4-7-20(27)26-23(30)25(21(24-26)15(2)3)14-16-10-12-17(13-11-16)18-8-5-6-9-19(18)22(28)29/h5-6,8-13,15H,4,7,14H2,1-3H3,(H,28,29). The van der Waals surface area contributed by atoms with Crippen LogP contribution in [0, 0.1) is 0 Å². The number of carbonyl (C=O) groups excluding carboxylic acids is 1. The highest BCUT2D eigenvalue weighted by Gasteiger charge is 2.20. The Morgan fingerprint density at radius 3 is 2.33 bits per heavy atom. The first kappa shape index (κ1) is 21.2. The molecule has 0 amide bonds. The van der Waals surface area contributed by atoms with E-state index in [1.807, 2.05) is 45.0 Å². The van der Waals surface area contributed by atoms with E-state index in [9.17, 15) is 19.5 Å². The number of carbonyl (C=O) groups is 2. The Balaban J connectivity index is 1.94. The Labute approximate surface area is 174 Å². The summed E-state index contributed by atoms with van der Waals surface area (Å²) in [5.41, 5.74) is 2.08. The predicted octanol–water partition coefficient (Wildman–Crippen LogP) is 4.02. The summed E-state index contributed by atoms with van der Waals surface area (Å²) in [7, 11) is 0. The predicted molar refractivity (Wildman–Crippen MR) is 114 cm³/mol. The van der Waals surface area contributed by atoms with Gasteiger partial charge < -0.3 is 5.11 Å². The van der Waals surface area contributed by atoms with Gasteiger partial charge in [-0.15, -0.1) is 9.78 Å². The Kier molecular flexibility index (Phi) is 6.30. The molecule has 7 heteroatoms. The zero-order valence-corrected chi connectivity index (χ0v) is 17.3. The van der Waals surface area contributed by atoms with Crippen LogP contribution in [0.4, 0.5) is 0 Å². The molecular weight excluding hydrogens is 382 g/mol. The van der Waals surface area contributed by atoms with E-state index in [-0.39, 0.29) is 30.4 Å². The summed E-state index contributed by atoms with van der Waals surface area (Å²) < 4.78 is 2.49. The van der Waals surface area contributed by atoms with Crippen molar-refractivity contribution in [1.82, 2.24) is 14.3 Å². The van der Waals surface area contributed by atoms with Crippen LogP contribution in [0.2, 0.25) is 0 Å². The monoisotopic (exact) mass is 407 g/mol. The maximum absolute atomic E-state index is 12.8. The first-order valence-electron chi connectivity index (χ1n) is 9.98. The van der Waals surface area contributed by atoms with Crippen molar-refractivity contribution >= 4 is 11.9 Å². The molecule has 30 heavy (non-hydrogen) atoms. The van der Waals surface area contributed by atoms with Crippen LogP contribution in [0.1, 0.15) is 66.1 Å². The van der Waals surface area contributed by atoms with Crippen molar-refractivity contribution in [1.29, 1.82) is 0 Å². The number of hydrogen-bond donors (Lipinski definition) is 1. The van der Waals surface area contributed by atoms with E-state index in [1.165, 1.54) is 4.57 Å². The molecule has 1 heterocycles. The van der Waals surface area contributed by atoms with E-state index in [2.05, 4.69) is 5.10 Å². The smallest absolute Gasteiger partial charge is 0.353 e. The van der Waals surface area contributed by atoms with Crippen LogP contribution in [0.3, 0.4) is 0 Å². The van der Waals surface area contributed by atoms with Crippen molar-refractivity contribution in [2.45, 2.75) is 46.1 Å². The molecule has 3 aromatic rings. The van der Waals surface area contributed by atoms with Gasteiger partial charge in [-0.3, -0.25) is 9.36 Å². The number of aromatic carboxylic acids is 1. The van der Waals surface area contributed by atoms with E-state index in [4.69, 9.17) is 0 Å². The van der Waals surface area contributed by atoms with Crippen LogP contribution in [-0.4, -0.2) is 31.3 Å². The van der Waals surface area contributed by atoms with Crippen LogP contribution >= 0.6 is 0 Å². The van der Waals surface area contributed by atoms with E-state index in [1.54, 1.807) is 24.3 Å². The first-order valence-corrected chi connectivity index (χ1v) is 9.98. The highest BCUT2D eigenvalue weighted by Crippen LogP contribution is 2.24. The molecule has 1 N–H and O–H groups in total. The van der Waals surface area contributed by atoms with Crippen LogP contribution in [-0.2, 0) is 6.54 Å². The maximum atomic E-state index is 12.8. The Bertz CT molecular complexity index is 1120. The van der Waals surface area contributed by atoms with Gasteiger partial charge in [-0.2, -0.15) is 0 Å². The summed E-state index contributed by atoms with van der Waals surface area (Å²) in [6, 6.07) is 14.2. The van der Waals surface area contributed by atoms with Gasteiger partial charge in [0.1, 0.15) is 5.82 Å². The quantitative estimate of drug-likeness (QED) is 0.638. The molecule has 0 aliphatic carbocycles. The molecule has 0 unspecified atom stereocenters. The molecule has 0 bridgehead atoms. The molecule has 0 spiro atoms. The van der Waals surface area contributed by atoms with Crippen LogP contribution < -0.4 is 5.69 Å². The van der Waals surface area contributed by atoms with E-state index in [0.29, 0.717) is 17.8 Å². The summed E-state index contributed by atoms with van der Waals surface area (Å²) >= 11 is 0. The topological polar surface area (TPSA) is 94.2 Å². The third-order valence-electron chi connectivity index (χ3n) is 4.87. The van der Waals surface area contributed by atoms with Gasteiger partial charge in [0.2, 0.25) is 0 Å². The fourth-order valence-electron chi connectivity index (χ4n) is 3.36. The molecule has 156 valence electrons. The Morgan fingerprint density at radius 1 is 1.07 bits per heavy atom. The minimum Gasteiger partial charge on any atom is -0.478 e. The number of nitrogens with zero attached hydrogens (tertiary/aromatic N) is 3. The minimum absolute atomic E-state index is 0.0184. The van der Waals surface area contributed by atoms with Crippen LogP contribution in [0.25, 0.3) is 11.1 Å². The number of aromatic nitrogens is 3. The molecule has 0 aliphatic heterocycles. The molecule has 0 saturated carbocycles. The van der Waals surface area contributed by atoms with Gasteiger partial charge in [0, 0.05) is 12.3 Å². The van der Waals surface area contributed by atoms with Crippen molar-refractivity contribution in [3.05, 3.63) is 76.0 Å². The second-order valence-corrected chi connectivity index (χ2v) is 7.48. The third kappa shape index (κ3) is 4.25. The molecule has 2 aromatic carbocycles. The fourth-order valence-corrected chi connectivity index (χ4v) is 3.36. The van der Waals surface area contributed by atoms with Crippen molar-refractivity contribution in [2.24, 2.45) is 0 Å². The molecule has 1 aromatic heterocycles. The van der Waals surface area contributed by atoms with Crippen LogP contribution in [0.5, 0.6) is 0 Å². The first-order chi connectivity index (χ1) is 14.3. The molecule has 0 aliphatic rings. The van der Waals surface area contributed by atoms with E-state index in [0.717, 1.165) is 15.8 Å². The summed E-state index contributed by atoms with van der Waals surface area (Å²) in [6.45, 7) is 6.03. The average molecular weight is 407 g/mol. The van der Waals surface area contributed by atoms with Crippen molar-refractivity contribution in [2.75, 3.05) is 0 Å². The fraction of sp³-hybridized carbons (Fsp3) is 0.304. The summed E-state index contributed by atoms with van der Waals surface area (Å²) in [4.78, 5) is 36.5. The van der Waals surface area contributed by atoms with Crippen molar-refractivity contribution < 1.29 is 14.7 Å². The molecule has 3 rings (SSSR count). The average Bonchev–Trinajstić information content (AvgIpc) is 3.05. The van der Waals surface area contributed by atoms with Gasteiger partial charge in [-0.05, 0) is 29.2 Å². The number of hydrogen-bond acceptors (Lipinski definition) is 4. The molecule has 0 saturated heterocycles. The maximum Gasteiger partial charge on any atom is 0.353 e. The second kappa shape index (κ2) is 8.90. The highest BCUT2D eigenvalue weighted by atomic mass is 16.4. The van der Waals surface area contributed by atoms with Gasteiger partial charge in [0.25, 0.3) is 5.91 Å². The highest BCUT2D eigenvalue weighted by molar-refractivity contribution is 5.95. The summed E-state index contributed by atoms with van der Waals surface area (Å²) in [5, 5.41) is 13.7. The Morgan fingerprint density at radius 2 is 1.73 bits per heavy atom. The normalized spacial score (nSPS) is 11.1. The van der Waals surface area contributed by atoms with E-state index >= 15 is 0 Å². The minimum atomic E-state index is -0.980. The SMILES string of the molecule is CCCC(=O)n1nc(C(C)C)n(Cc2ccc(-c3ccccc3C(=O)O)cc2)c1=O. The molecular formula is C23H25N3O4. The zero-order valence-electron chi connectivity index (χ0n) is 17.3. The number of carboxylic acids is 1. The Hall–Kier alpha value is -3.48. The van der Waals surface area contributed by atoms with Crippen molar-refractivity contribution in [3.8, 4) is 11.1 Å². The lowest BCUT2D eigenvalue weighted by molar-refractivity contribution is 0.0697.